The lowest BCUT2D eigenvalue weighted by Gasteiger charge is -2.34. The Morgan fingerprint density at radius 2 is 2.00 bits per heavy atom. The first kappa shape index (κ1) is 14.5. The van der Waals surface area contributed by atoms with Crippen molar-refractivity contribution < 1.29 is 14.8 Å². The first-order valence-electron chi connectivity index (χ1n) is 6.10. The number of carbonyl (C=O) groups is 1. The highest BCUT2D eigenvalue weighted by molar-refractivity contribution is 6.31. The molecule has 1 aromatic carbocycles. The molecule has 1 heterocycles. The standard InChI is InChI=1S/C12H14ClN3O4/c13-9-1-2-10(16(19)20)11(7-9)15-5-3-14(4-6-15)8-12(17)18/h1-2,7H,3-6,8H2,(H,17,18). The third-order valence-corrected chi connectivity index (χ3v) is 3.44. The molecule has 8 heteroatoms. The summed E-state index contributed by atoms with van der Waals surface area (Å²) in [6, 6.07) is 4.46. The molecule has 20 heavy (non-hydrogen) atoms. The van der Waals surface area contributed by atoms with Crippen LogP contribution < -0.4 is 4.90 Å². The van der Waals surface area contributed by atoms with E-state index in [9.17, 15) is 14.9 Å². The fourth-order valence-electron chi connectivity index (χ4n) is 2.24. The van der Waals surface area contributed by atoms with E-state index < -0.39 is 10.9 Å². The van der Waals surface area contributed by atoms with E-state index in [1.807, 2.05) is 4.90 Å². The van der Waals surface area contributed by atoms with Crippen molar-refractivity contribution in [2.75, 3.05) is 37.6 Å². The molecule has 108 valence electrons. The second-order valence-electron chi connectivity index (χ2n) is 4.55. The van der Waals surface area contributed by atoms with Crippen molar-refractivity contribution in [3.63, 3.8) is 0 Å². The van der Waals surface area contributed by atoms with E-state index in [0.29, 0.717) is 36.9 Å². The molecule has 0 atom stereocenters. The fraction of sp³-hybridized carbons (Fsp3) is 0.417. The summed E-state index contributed by atoms with van der Waals surface area (Å²) in [4.78, 5) is 24.9. The molecule has 0 saturated carbocycles. The van der Waals surface area contributed by atoms with Crippen LogP contribution in [0, 0.1) is 10.1 Å². The topological polar surface area (TPSA) is 86.9 Å². The average Bonchev–Trinajstić information content (AvgIpc) is 2.38. The Balaban J connectivity index is 2.12. The lowest BCUT2D eigenvalue weighted by Crippen LogP contribution is -2.48. The SMILES string of the molecule is O=C(O)CN1CCN(c2cc(Cl)ccc2[N+](=O)[O-])CC1. The molecule has 0 bridgehead atoms. The Morgan fingerprint density at radius 1 is 1.35 bits per heavy atom. The van der Waals surface area contributed by atoms with E-state index >= 15 is 0 Å². The third-order valence-electron chi connectivity index (χ3n) is 3.21. The van der Waals surface area contributed by atoms with Gasteiger partial charge >= 0.3 is 5.97 Å². The Labute approximate surface area is 120 Å². The maximum absolute atomic E-state index is 11.0. The molecule has 2 rings (SSSR count). The van der Waals surface area contributed by atoms with Gasteiger partial charge in [-0.3, -0.25) is 19.8 Å². The van der Waals surface area contributed by atoms with Gasteiger partial charge in [0.05, 0.1) is 11.5 Å². The Morgan fingerprint density at radius 3 is 2.55 bits per heavy atom. The summed E-state index contributed by atoms with van der Waals surface area (Å²) in [6.45, 7) is 2.17. The van der Waals surface area contributed by atoms with Crippen molar-refractivity contribution in [2.24, 2.45) is 0 Å². The summed E-state index contributed by atoms with van der Waals surface area (Å²) < 4.78 is 0. The summed E-state index contributed by atoms with van der Waals surface area (Å²) in [5, 5.41) is 20.2. The lowest BCUT2D eigenvalue weighted by atomic mass is 10.2. The van der Waals surface area contributed by atoms with Gasteiger partial charge < -0.3 is 10.0 Å². The van der Waals surface area contributed by atoms with Crippen LogP contribution >= 0.6 is 11.6 Å². The number of piperazine rings is 1. The number of halogens is 1. The van der Waals surface area contributed by atoms with Crippen LogP contribution in [0.15, 0.2) is 18.2 Å². The number of hydrogen-bond donors (Lipinski definition) is 1. The molecule has 0 radical (unpaired) electrons. The van der Waals surface area contributed by atoms with Gasteiger partial charge in [0, 0.05) is 37.3 Å². The van der Waals surface area contributed by atoms with Crippen LogP contribution in [0.4, 0.5) is 11.4 Å². The molecule has 1 fully saturated rings. The summed E-state index contributed by atoms with van der Waals surface area (Å²) in [7, 11) is 0. The minimum atomic E-state index is -0.868. The molecule has 0 unspecified atom stereocenters. The summed E-state index contributed by atoms with van der Waals surface area (Å²) in [6.07, 6.45) is 0. The molecule has 1 N–H and O–H groups in total. The zero-order chi connectivity index (χ0) is 14.7. The molecule has 1 aliphatic rings. The van der Waals surface area contributed by atoms with Crippen molar-refractivity contribution in [3.8, 4) is 0 Å². The number of rotatable bonds is 4. The van der Waals surface area contributed by atoms with E-state index in [2.05, 4.69) is 0 Å². The first-order valence-corrected chi connectivity index (χ1v) is 6.48. The Hall–Kier alpha value is -1.86. The maximum Gasteiger partial charge on any atom is 0.317 e. The van der Waals surface area contributed by atoms with Crippen LogP contribution in [-0.2, 0) is 4.79 Å². The van der Waals surface area contributed by atoms with Crippen LogP contribution in [0.2, 0.25) is 5.02 Å². The number of benzene rings is 1. The second kappa shape index (κ2) is 6.06. The highest BCUT2D eigenvalue weighted by atomic mass is 35.5. The number of nitro groups is 1. The molecule has 0 spiro atoms. The molecule has 1 aliphatic heterocycles. The number of nitrogens with zero attached hydrogens (tertiary/aromatic N) is 3. The van der Waals surface area contributed by atoms with E-state index in [0.717, 1.165) is 0 Å². The van der Waals surface area contributed by atoms with Gasteiger partial charge in [-0.15, -0.1) is 0 Å². The number of carboxylic acids is 1. The third kappa shape index (κ3) is 3.37. The monoisotopic (exact) mass is 299 g/mol. The molecule has 0 aliphatic carbocycles. The van der Waals surface area contributed by atoms with E-state index in [1.165, 1.54) is 12.1 Å². The molecule has 1 aromatic rings. The number of anilines is 1. The van der Waals surface area contributed by atoms with Crippen LogP contribution in [0.25, 0.3) is 0 Å². The highest BCUT2D eigenvalue weighted by Crippen LogP contribution is 2.31. The smallest absolute Gasteiger partial charge is 0.317 e. The normalized spacial score (nSPS) is 16.1. The molecular weight excluding hydrogens is 286 g/mol. The first-order chi connectivity index (χ1) is 9.47. The van der Waals surface area contributed by atoms with Crippen LogP contribution in [-0.4, -0.2) is 53.6 Å². The van der Waals surface area contributed by atoms with Crippen molar-refractivity contribution in [1.82, 2.24) is 4.90 Å². The molecule has 1 saturated heterocycles. The van der Waals surface area contributed by atoms with Gasteiger partial charge in [-0.2, -0.15) is 0 Å². The zero-order valence-corrected chi connectivity index (χ0v) is 11.4. The van der Waals surface area contributed by atoms with Gasteiger partial charge in [-0.25, -0.2) is 0 Å². The van der Waals surface area contributed by atoms with Gasteiger partial charge in [-0.1, -0.05) is 11.6 Å². The summed E-state index contributed by atoms with van der Waals surface area (Å²) in [5.41, 5.74) is 0.499. The van der Waals surface area contributed by atoms with Gasteiger partial charge in [0.15, 0.2) is 0 Å². The van der Waals surface area contributed by atoms with Crippen LogP contribution in [0.3, 0.4) is 0 Å². The average molecular weight is 300 g/mol. The molecule has 0 amide bonds. The van der Waals surface area contributed by atoms with Gasteiger partial charge in [0.2, 0.25) is 0 Å². The van der Waals surface area contributed by atoms with E-state index in [4.69, 9.17) is 16.7 Å². The van der Waals surface area contributed by atoms with Gasteiger partial charge in [-0.05, 0) is 12.1 Å². The van der Waals surface area contributed by atoms with Crippen molar-refractivity contribution in [2.45, 2.75) is 0 Å². The Kier molecular flexibility index (Phi) is 4.41. The summed E-state index contributed by atoms with van der Waals surface area (Å²) in [5.74, 6) is -0.868. The number of hydrogen-bond acceptors (Lipinski definition) is 5. The predicted molar refractivity (Wildman–Crippen MR) is 74.4 cm³/mol. The van der Waals surface area contributed by atoms with Crippen molar-refractivity contribution in [1.29, 1.82) is 0 Å². The largest absolute Gasteiger partial charge is 0.480 e. The highest BCUT2D eigenvalue weighted by Gasteiger charge is 2.24. The fourth-order valence-corrected chi connectivity index (χ4v) is 2.41. The lowest BCUT2D eigenvalue weighted by molar-refractivity contribution is -0.384. The number of carboxylic acid groups (broad SMARTS) is 1. The minimum absolute atomic E-state index is 0.00845. The Bertz CT molecular complexity index is 529. The quantitative estimate of drug-likeness (QED) is 0.669. The second-order valence-corrected chi connectivity index (χ2v) is 4.98. The van der Waals surface area contributed by atoms with Crippen LogP contribution in [0.5, 0.6) is 0 Å². The number of nitro benzene ring substituents is 1. The van der Waals surface area contributed by atoms with Crippen molar-refractivity contribution in [3.05, 3.63) is 33.3 Å². The number of aliphatic carboxylic acids is 1. The molecule has 7 nitrogen and oxygen atoms in total. The zero-order valence-electron chi connectivity index (χ0n) is 10.7. The van der Waals surface area contributed by atoms with Crippen molar-refractivity contribution >= 4 is 28.9 Å². The summed E-state index contributed by atoms with van der Waals surface area (Å²) >= 11 is 5.90. The van der Waals surface area contributed by atoms with E-state index in [1.54, 1.807) is 11.0 Å². The van der Waals surface area contributed by atoms with Gasteiger partial charge in [0.25, 0.3) is 5.69 Å². The minimum Gasteiger partial charge on any atom is -0.480 e. The van der Waals surface area contributed by atoms with Crippen LogP contribution in [0.1, 0.15) is 0 Å². The maximum atomic E-state index is 11.0. The van der Waals surface area contributed by atoms with E-state index in [-0.39, 0.29) is 12.2 Å². The predicted octanol–water partition coefficient (Wildman–Crippen LogP) is 1.45. The van der Waals surface area contributed by atoms with Gasteiger partial charge in [0.1, 0.15) is 5.69 Å². The molecule has 0 aromatic heterocycles. The molecular formula is C12H14ClN3O4.